The number of hydrogen-bond donors (Lipinski definition) is 1. The average Bonchev–Trinajstić information content (AvgIpc) is 2.95. The molecule has 0 unspecified atom stereocenters. The van der Waals surface area contributed by atoms with Crippen LogP contribution in [0.3, 0.4) is 0 Å². The lowest BCUT2D eigenvalue weighted by Crippen LogP contribution is -2.39. The van der Waals surface area contributed by atoms with Crippen LogP contribution in [-0.2, 0) is 14.3 Å². The van der Waals surface area contributed by atoms with Crippen LogP contribution in [0.4, 0.5) is 8.78 Å². The van der Waals surface area contributed by atoms with Gasteiger partial charge in [-0.25, -0.2) is 8.78 Å². The van der Waals surface area contributed by atoms with Crippen molar-refractivity contribution in [3.05, 3.63) is 35.4 Å². The summed E-state index contributed by atoms with van der Waals surface area (Å²) in [7, 11) is 0. The average molecular weight is 327 g/mol. The van der Waals surface area contributed by atoms with Crippen molar-refractivity contribution in [2.75, 3.05) is 19.8 Å². The number of carbonyl (C=O) groups excluding carboxylic acids is 1. The fourth-order valence-corrected chi connectivity index (χ4v) is 2.54. The van der Waals surface area contributed by atoms with E-state index in [-0.39, 0.29) is 24.2 Å². The smallest absolute Gasteiger partial charge is 0.246 e. The molecule has 23 heavy (non-hydrogen) atoms. The van der Waals surface area contributed by atoms with Crippen molar-refractivity contribution in [3.8, 4) is 0 Å². The Labute approximate surface area is 135 Å². The topological polar surface area (TPSA) is 47.6 Å². The zero-order valence-corrected chi connectivity index (χ0v) is 13.7. The minimum atomic E-state index is -0.671. The van der Waals surface area contributed by atoms with Gasteiger partial charge in [0.1, 0.15) is 18.2 Å². The molecule has 1 aromatic carbocycles. The van der Waals surface area contributed by atoms with Crippen molar-refractivity contribution in [1.82, 2.24) is 5.32 Å². The summed E-state index contributed by atoms with van der Waals surface area (Å²) in [6.07, 6.45) is 0.694. The first kappa shape index (κ1) is 17.8. The fourth-order valence-electron chi connectivity index (χ4n) is 2.54. The molecular weight excluding hydrogens is 304 g/mol. The van der Waals surface area contributed by atoms with E-state index in [2.05, 4.69) is 5.32 Å². The Bertz CT molecular complexity index is 551. The number of hydrogen-bond acceptors (Lipinski definition) is 3. The number of nitrogens with one attached hydrogen (secondary N) is 1. The number of amides is 1. The van der Waals surface area contributed by atoms with E-state index < -0.39 is 23.1 Å². The van der Waals surface area contributed by atoms with E-state index >= 15 is 0 Å². The molecule has 0 aliphatic carbocycles. The highest BCUT2D eigenvalue weighted by atomic mass is 19.1. The molecule has 1 aromatic rings. The molecule has 0 spiro atoms. The van der Waals surface area contributed by atoms with E-state index in [1.54, 1.807) is 0 Å². The molecule has 2 atom stereocenters. The lowest BCUT2D eigenvalue weighted by Gasteiger charge is -2.32. The van der Waals surface area contributed by atoms with Crippen LogP contribution in [0.2, 0.25) is 0 Å². The van der Waals surface area contributed by atoms with Gasteiger partial charge in [-0.15, -0.1) is 0 Å². The standard InChI is InChI=1S/C17H23F2NO3/c1-17(2,3)16(13-5-4-11(18)8-14(13)19)20-15(21)10-23-12-6-7-22-9-12/h4-5,8,12,16H,6-7,9-10H2,1-3H3,(H,20,21)/t12-,16+/m1/s1. The molecule has 1 aliphatic heterocycles. The lowest BCUT2D eigenvalue weighted by atomic mass is 9.82. The zero-order chi connectivity index (χ0) is 17.0. The molecule has 1 N–H and O–H groups in total. The molecule has 1 fully saturated rings. The Morgan fingerprint density at radius 3 is 2.74 bits per heavy atom. The highest BCUT2D eigenvalue weighted by Gasteiger charge is 2.30. The van der Waals surface area contributed by atoms with Crippen molar-refractivity contribution in [3.63, 3.8) is 0 Å². The van der Waals surface area contributed by atoms with Crippen molar-refractivity contribution < 1.29 is 23.0 Å². The second-order valence-electron chi connectivity index (χ2n) is 6.83. The van der Waals surface area contributed by atoms with Gasteiger partial charge in [-0.3, -0.25) is 4.79 Å². The lowest BCUT2D eigenvalue weighted by molar-refractivity contribution is -0.129. The van der Waals surface area contributed by atoms with Gasteiger partial charge in [0.15, 0.2) is 0 Å². The van der Waals surface area contributed by atoms with Gasteiger partial charge < -0.3 is 14.8 Å². The third-order valence-corrected chi connectivity index (χ3v) is 3.78. The predicted molar refractivity (Wildman–Crippen MR) is 81.9 cm³/mol. The molecule has 2 rings (SSSR count). The first-order valence-corrected chi connectivity index (χ1v) is 7.71. The second kappa shape index (κ2) is 7.36. The van der Waals surface area contributed by atoms with E-state index in [4.69, 9.17) is 9.47 Å². The van der Waals surface area contributed by atoms with E-state index in [9.17, 15) is 13.6 Å². The summed E-state index contributed by atoms with van der Waals surface area (Å²) >= 11 is 0. The van der Waals surface area contributed by atoms with Crippen LogP contribution in [0.15, 0.2) is 18.2 Å². The highest BCUT2D eigenvalue weighted by molar-refractivity contribution is 5.77. The van der Waals surface area contributed by atoms with Crippen molar-refractivity contribution >= 4 is 5.91 Å². The van der Waals surface area contributed by atoms with Gasteiger partial charge in [0, 0.05) is 18.2 Å². The maximum Gasteiger partial charge on any atom is 0.246 e. The van der Waals surface area contributed by atoms with Gasteiger partial charge in [0.05, 0.1) is 18.8 Å². The monoisotopic (exact) mass is 327 g/mol. The van der Waals surface area contributed by atoms with Crippen LogP contribution in [0.1, 0.15) is 38.8 Å². The van der Waals surface area contributed by atoms with Gasteiger partial charge in [-0.2, -0.15) is 0 Å². The Kier molecular flexibility index (Phi) is 5.70. The third-order valence-electron chi connectivity index (χ3n) is 3.78. The summed E-state index contributed by atoms with van der Waals surface area (Å²) in [6.45, 7) is 6.66. The van der Waals surface area contributed by atoms with Crippen molar-refractivity contribution in [2.24, 2.45) is 5.41 Å². The van der Waals surface area contributed by atoms with Crippen LogP contribution in [0, 0.1) is 17.0 Å². The Morgan fingerprint density at radius 1 is 1.43 bits per heavy atom. The molecule has 1 heterocycles. The molecule has 128 valence electrons. The van der Waals surface area contributed by atoms with Crippen LogP contribution < -0.4 is 5.32 Å². The van der Waals surface area contributed by atoms with Gasteiger partial charge in [0.2, 0.25) is 5.91 Å². The Hall–Kier alpha value is -1.53. The molecule has 1 amide bonds. The summed E-state index contributed by atoms with van der Waals surface area (Å²) in [5.74, 6) is -1.65. The first-order valence-electron chi connectivity index (χ1n) is 7.71. The molecule has 1 aliphatic rings. The maximum atomic E-state index is 14.1. The highest BCUT2D eigenvalue weighted by Crippen LogP contribution is 2.34. The quantitative estimate of drug-likeness (QED) is 0.904. The first-order chi connectivity index (χ1) is 10.8. The van der Waals surface area contributed by atoms with Gasteiger partial charge in [0.25, 0.3) is 0 Å². The van der Waals surface area contributed by atoms with Crippen molar-refractivity contribution in [2.45, 2.75) is 39.3 Å². The maximum absolute atomic E-state index is 14.1. The number of ether oxygens (including phenoxy) is 2. The van der Waals surface area contributed by atoms with Crippen LogP contribution in [-0.4, -0.2) is 31.8 Å². The number of carbonyl (C=O) groups is 1. The third kappa shape index (κ3) is 4.97. The van der Waals surface area contributed by atoms with E-state index in [0.717, 1.165) is 12.5 Å². The SMILES string of the molecule is CC(C)(C)[C@@H](NC(=O)CO[C@@H]1CCOC1)c1ccc(F)cc1F. The summed E-state index contributed by atoms with van der Waals surface area (Å²) < 4.78 is 37.8. The number of rotatable bonds is 5. The van der Waals surface area contributed by atoms with Crippen molar-refractivity contribution in [1.29, 1.82) is 0 Å². The molecular formula is C17H23F2NO3. The van der Waals surface area contributed by atoms with E-state index in [0.29, 0.717) is 13.2 Å². The van der Waals surface area contributed by atoms with Gasteiger partial charge in [-0.05, 0) is 17.9 Å². The molecule has 0 bridgehead atoms. The molecule has 0 aromatic heterocycles. The van der Waals surface area contributed by atoms with Crippen LogP contribution in [0.25, 0.3) is 0 Å². The molecule has 0 saturated carbocycles. The van der Waals surface area contributed by atoms with E-state index in [1.165, 1.54) is 12.1 Å². The van der Waals surface area contributed by atoms with Gasteiger partial charge in [-0.1, -0.05) is 26.8 Å². The Balaban J connectivity index is 2.05. The molecule has 0 radical (unpaired) electrons. The largest absolute Gasteiger partial charge is 0.379 e. The van der Waals surface area contributed by atoms with Gasteiger partial charge >= 0.3 is 0 Å². The minimum absolute atomic E-state index is 0.0728. The Morgan fingerprint density at radius 2 is 2.17 bits per heavy atom. The van der Waals surface area contributed by atoms with Crippen LogP contribution >= 0.6 is 0 Å². The molecule has 1 saturated heterocycles. The van der Waals surface area contributed by atoms with E-state index in [1.807, 2.05) is 20.8 Å². The molecule has 6 heteroatoms. The number of benzene rings is 1. The molecule has 4 nitrogen and oxygen atoms in total. The zero-order valence-electron chi connectivity index (χ0n) is 13.7. The minimum Gasteiger partial charge on any atom is -0.379 e. The number of halogens is 2. The normalized spacial score (nSPS) is 19.6. The summed E-state index contributed by atoms with van der Waals surface area (Å²) in [6, 6.07) is 2.80. The summed E-state index contributed by atoms with van der Waals surface area (Å²) in [5.41, 5.74) is -0.179. The summed E-state index contributed by atoms with van der Waals surface area (Å²) in [5, 5.41) is 2.79. The van der Waals surface area contributed by atoms with Crippen LogP contribution in [0.5, 0.6) is 0 Å². The predicted octanol–water partition coefficient (Wildman–Crippen LogP) is 2.97. The fraction of sp³-hybridized carbons (Fsp3) is 0.588. The second-order valence-corrected chi connectivity index (χ2v) is 6.83. The summed E-state index contributed by atoms with van der Waals surface area (Å²) in [4.78, 5) is 12.1.